The molecule has 0 heterocycles. The summed E-state index contributed by atoms with van der Waals surface area (Å²) >= 11 is 0. The number of allylic oxidation sites excluding steroid dienone is 2. The van der Waals surface area contributed by atoms with Crippen molar-refractivity contribution in [3.05, 3.63) is 11.6 Å². The fourth-order valence-electron chi connectivity index (χ4n) is 12.3. The monoisotopic (exact) mass is 683 g/mol. The van der Waals surface area contributed by atoms with Gasteiger partial charge in [0.2, 0.25) is 5.91 Å². The van der Waals surface area contributed by atoms with Gasteiger partial charge >= 0.3 is 17.9 Å². The smallest absolute Gasteiger partial charge is 0.303 e. The van der Waals surface area contributed by atoms with Crippen LogP contribution in [0.3, 0.4) is 0 Å². The molecule has 0 saturated heterocycles. The van der Waals surface area contributed by atoms with Gasteiger partial charge in [-0.05, 0) is 97.4 Å². The zero-order valence-corrected chi connectivity index (χ0v) is 31.7. The van der Waals surface area contributed by atoms with Gasteiger partial charge in [-0.3, -0.25) is 24.0 Å². The normalized spacial score (nSPS) is 44.2. The molecule has 3 unspecified atom stereocenters. The van der Waals surface area contributed by atoms with Crippen molar-refractivity contribution >= 4 is 29.6 Å². The number of esters is 3. The van der Waals surface area contributed by atoms with Gasteiger partial charge in [-0.15, -0.1) is 0 Å². The van der Waals surface area contributed by atoms with Gasteiger partial charge in [0.1, 0.15) is 18.8 Å². The molecule has 0 bridgehead atoms. The van der Waals surface area contributed by atoms with Crippen molar-refractivity contribution in [1.29, 1.82) is 0 Å². The number of hydrogen-bond donors (Lipinski definition) is 1. The number of ether oxygens (including phenoxy) is 3. The van der Waals surface area contributed by atoms with Crippen LogP contribution in [0, 0.1) is 56.7 Å². The van der Waals surface area contributed by atoms with Crippen LogP contribution in [0.4, 0.5) is 0 Å². The van der Waals surface area contributed by atoms with Crippen molar-refractivity contribution in [2.75, 3.05) is 13.2 Å². The minimum absolute atomic E-state index is 0.0217. The number of rotatable bonds is 8. The number of unbranched alkanes of at least 4 members (excludes halogenated alkanes) is 1. The van der Waals surface area contributed by atoms with Gasteiger partial charge < -0.3 is 19.5 Å². The maximum atomic E-state index is 15.0. The van der Waals surface area contributed by atoms with Gasteiger partial charge in [0.05, 0.1) is 5.41 Å². The third-order valence-corrected chi connectivity index (χ3v) is 14.9. The summed E-state index contributed by atoms with van der Waals surface area (Å²) in [5.74, 6) is -1.16. The highest BCUT2D eigenvalue weighted by molar-refractivity contribution is 5.96. The Bertz CT molecular complexity index is 1410. The Kier molecular flexibility index (Phi) is 10.1. The van der Waals surface area contributed by atoms with E-state index in [1.165, 1.54) is 20.8 Å². The van der Waals surface area contributed by atoms with Crippen molar-refractivity contribution in [1.82, 2.24) is 5.32 Å². The molecular weight excluding hydrogens is 622 g/mol. The molecule has 12 atom stereocenters. The number of amides is 1. The van der Waals surface area contributed by atoms with E-state index >= 15 is 4.79 Å². The van der Waals surface area contributed by atoms with Crippen LogP contribution < -0.4 is 5.32 Å². The van der Waals surface area contributed by atoms with Gasteiger partial charge in [-0.2, -0.15) is 0 Å². The predicted octanol–water partition coefficient (Wildman–Crippen LogP) is 6.76. The van der Waals surface area contributed by atoms with E-state index in [4.69, 9.17) is 14.2 Å². The van der Waals surface area contributed by atoms with Gasteiger partial charge in [0, 0.05) is 38.6 Å². The Hall–Kier alpha value is -2.71. The average molecular weight is 684 g/mol. The molecule has 5 aliphatic rings. The highest BCUT2D eigenvalue weighted by Crippen LogP contribution is 2.75. The molecular formula is C40H61NO8. The van der Waals surface area contributed by atoms with Crippen molar-refractivity contribution in [2.24, 2.45) is 56.7 Å². The van der Waals surface area contributed by atoms with E-state index in [1.807, 2.05) is 13.0 Å². The molecule has 4 fully saturated rings. The molecule has 0 aromatic carbocycles. The van der Waals surface area contributed by atoms with Gasteiger partial charge in [0.25, 0.3) is 0 Å². The Labute approximate surface area is 293 Å². The highest BCUT2D eigenvalue weighted by Gasteiger charge is 2.73. The molecule has 1 amide bonds. The molecule has 4 saturated carbocycles. The molecule has 0 aliphatic heterocycles. The summed E-state index contributed by atoms with van der Waals surface area (Å²) in [4.78, 5) is 66.5. The second-order valence-corrected chi connectivity index (χ2v) is 17.6. The van der Waals surface area contributed by atoms with Crippen LogP contribution in [0.1, 0.15) is 127 Å². The number of fused-ring (bicyclic) bond motifs is 7. The lowest BCUT2D eigenvalue weighted by Gasteiger charge is -2.71. The first-order valence-corrected chi connectivity index (χ1v) is 18.8. The summed E-state index contributed by atoms with van der Waals surface area (Å²) in [6, 6.07) is 0. The Morgan fingerprint density at radius 3 is 2.18 bits per heavy atom. The molecule has 49 heavy (non-hydrogen) atoms. The zero-order valence-electron chi connectivity index (χ0n) is 31.7. The number of carbonyl (C=O) groups is 5. The van der Waals surface area contributed by atoms with Crippen LogP contribution in [-0.4, -0.2) is 55.0 Å². The molecule has 0 spiro atoms. The average Bonchev–Trinajstić information content (AvgIpc) is 3.00. The SMILES string of the molecule is CCCCNC(=O)[C@]12CC[C@@H](C)[C@H](C)C1C1=CC(=O)C3[C@@]4(C)C[C@@H](OC(C)=O)[C@H](OC(C)=O)[C@@](C)(COC(C)=O)C4CC[C@@]3(C)[C@]1(C)CC2. The van der Waals surface area contributed by atoms with E-state index in [0.29, 0.717) is 18.9 Å². The van der Waals surface area contributed by atoms with E-state index in [1.54, 1.807) is 0 Å². The zero-order chi connectivity index (χ0) is 36.3. The highest BCUT2D eigenvalue weighted by atomic mass is 16.6. The topological polar surface area (TPSA) is 125 Å². The van der Waals surface area contributed by atoms with E-state index in [2.05, 4.69) is 46.9 Å². The van der Waals surface area contributed by atoms with Crippen LogP contribution in [0.25, 0.3) is 0 Å². The van der Waals surface area contributed by atoms with Crippen molar-refractivity contribution in [3.8, 4) is 0 Å². The third-order valence-electron chi connectivity index (χ3n) is 14.9. The largest absolute Gasteiger partial charge is 0.465 e. The maximum absolute atomic E-state index is 15.0. The summed E-state index contributed by atoms with van der Waals surface area (Å²) in [6.07, 6.45) is 7.48. The number of ketones is 1. The molecule has 9 heteroatoms. The van der Waals surface area contributed by atoms with Gasteiger partial charge in [0.15, 0.2) is 5.78 Å². The Morgan fingerprint density at radius 1 is 0.898 bits per heavy atom. The van der Waals surface area contributed by atoms with Gasteiger partial charge in [-0.25, -0.2) is 0 Å². The third kappa shape index (κ3) is 5.77. The summed E-state index contributed by atoms with van der Waals surface area (Å²) in [5, 5.41) is 3.31. The molecule has 0 aromatic rings. The standard InChI is InChI=1S/C40H61NO8/c1-11-12-19-41-35(46)40-16-13-23(2)24(3)32(40)28-20-29(45)33-36(7)21-30(48-26(5)43)34(49-27(6)44)37(8,22-47-25(4)42)31(36)14-15-39(33,10)38(28,9)17-18-40/h20,23-24,30-34H,11-19,21-22H2,1-10H3,(H,41,46)/t23-,24+,30-,31?,32?,33?,34+,36+,37+,38-,39-,40+/m1/s1. The van der Waals surface area contributed by atoms with Crippen LogP contribution in [0.2, 0.25) is 0 Å². The van der Waals surface area contributed by atoms with E-state index in [0.717, 1.165) is 56.9 Å². The number of nitrogens with one attached hydrogen (secondary N) is 1. The van der Waals surface area contributed by atoms with Crippen LogP contribution in [-0.2, 0) is 38.2 Å². The molecule has 0 radical (unpaired) electrons. The minimum atomic E-state index is -0.914. The van der Waals surface area contributed by atoms with Crippen molar-refractivity contribution < 1.29 is 38.2 Å². The second-order valence-electron chi connectivity index (χ2n) is 17.6. The van der Waals surface area contributed by atoms with Gasteiger partial charge in [-0.1, -0.05) is 60.5 Å². The fourth-order valence-corrected chi connectivity index (χ4v) is 12.3. The van der Waals surface area contributed by atoms with Crippen molar-refractivity contribution in [2.45, 2.75) is 139 Å². The number of hydrogen-bond acceptors (Lipinski definition) is 8. The summed E-state index contributed by atoms with van der Waals surface area (Å²) in [6.45, 7) is 20.1. The lowest BCUT2D eigenvalue weighted by Crippen LogP contribution is -2.70. The van der Waals surface area contributed by atoms with E-state index < -0.39 is 57.7 Å². The first-order chi connectivity index (χ1) is 22.8. The minimum Gasteiger partial charge on any atom is -0.465 e. The maximum Gasteiger partial charge on any atom is 0.303 e. The Morgan fingerprint density at radius 2 is 1.57 bits per heavy atom. The quantitative estimate of drug-likeness (QED) is 0.169. The van der Waals surface area contributed by atoms with Crippen LogP contribution >= 0.6 is 0 Å². The Balaban J connectivity index is 1.64. The summed E-state index contributed by atoms with van der Waals surface area (Å²) in [7, 11) is 0. The first kappa shape index (κ1) is 37.5. The number of carbonyl (C=O) groups excluding carboxylic acids is 5. The molecule has 5 rings (SSSR count). The molecule has 5 aliphatic carbocycles. The lowest BCUT2D eigenvalue weighted by atomic mass is 9.33. The van der Waals surface area contributed by atoms with E-state index in [-0.39, 0.29) is 41.5 Å². The van der Waals surface area contributed by atoms with Crippen LogP contribution in [0.15, 0.2) is 11.6 Å². The first-order valence-electron chi connectivity index (χ1n) is 18.8. The molecule has 274 valence electrons. The second kappa shape index (κ2) is 13.1. The summed E-state index contributed by atoms with van der Waals surface area (Å²) < 4.78 is 17.6. The van der Waals surface area contributed by atoms with E-state index in [9.17, 15) is 19.2 Å². The molecule has 1 N–H and O–H groups in total. The van der Waals surface area contributed by atoms with Crippen LogP contribution in [0.5, 0.6) is 0 Å². The predicted molar refractivity (Wildman–Crippen MR) is 185 cm³/mol. The molecule has 0 aromatic heterocycles. The summed E-state index contributed by atoms with van der Waals surface area (Å²) in [5.41, 5.74) is -1.73. The fraction of sp³-hybridized carbons (Fsp3) is 0.825. The molecule has 9 nitrogen and oxygen atoms in total. The van der Waals surface area contributed by atoms with Crippen molar-refractivity contribution in [3.63, 3.8) is 0 Å². The lowest BCUT2D eigenvalue weighted by molar-refractivity contribution is -0.251.